The number of thioether (sulfide) groups is 1. The monoisotopic (exact) mass is 353 g/mol. The summed E-state index contributed by atoms with van der Waals surface area (Å²) in [4.78, 5) is 12.5. The summed E-state index contributed by atoms with van der Waals surface area (Å²) in [6.07, 6.45) is 0. The van der Waals surface area contributed by atoms with Crippen molar-refractivity contribution in [2.75, 3.05) is 7.11 Å². The number of carbonyl (C=O) groups is 1. The Kier molecular flexibility index (Phi) is 5.19. The fourth-order valence-corrected chi connectivity index (χ4v) is 3.35. The Hall–Kier alpha value is -2.60. The Morgan fingerprint density at radius 3 is 2.40 bits per heavy atom. The Morgan fingerprint density at radius 1 is 1.08 bits per heavy atom. The fraction of sp³-hybridized carbons (Fsp3) is 0.211. The maximum atomic E-state index is 12.5. The van der Waals surface area contributed by atoms with E-state index in [0.29, 0.717) is 10.7 Å². The van der Waals surface area contributed by atoms with Gasteiger partial charge in [-0.05, 0) is 31.2 Å². The third-order valence-corrected chi connectivity index (χ3v) is 5.03. The summed E-state index contributed by atoms with van der Waals surface area (Å²) >= 11 is 1.41. The summed E-state index contributed by atoms with van der Waals surface area (Å²) in [6, 6.07) is 17.0. The average Bonchev–Trinajstić information content (AvgIpc) is 3.02. The van der Waals surface area contributed by atoms with Gasteiger partial charge in [0.05, 0.1) is 12.4 Å². The van der Waals surface area contributed by atoms with Gasteiger partial charge in [0.1, 0.15) is 5.75 Å². The van der Waals surface area contributed by atoms with Crippen LogP contribution >= 0.6 is 11.8 Å². The number of aromatic nitrogens is 3. The first-order chi connectivity index (χ1) is 12.1. The molecule has 0 unspecified atom stereocenters. The molecule has 1 aromatic heterocycles. The van der Waals surface area contributed by atoms with Crippen LogP contribution in [0.25, 0.3) is 11.4 Å². The van der Waals surface area contributed by atoms with E-state index in [1.165, 1.54) is 11.8 Å². The van der Waals surface area contributed by atoms with Gasteiger partial charge in [0.25, 0.3) is 0 Å². The van der Waals surface area contributed by atoms with Gasteiger partial charge in [-0.25, -0.2) is 0 Å². The average molecular weight is 353 g/mol. The highest BCUT2D eigenvalue weighted by Crippen LogP contribution is 2.28. The molecule has 1 heterocycles. The molecule has 1 atom stereocenters. The van der Waals surface area contributed by atoms with Crippen molar-refractivity contribution in [3.63, 3.8) is 0 Å². The number of ketones is 1. The molecule has 0 bridgehead atoms. The van der Waals surface area contributed by atoms with E-state index in [0.717, 1.165) is 17.1 Å². The Balaban J connectivity index is 1.77. The van der Waals surface area contributed by atoms with E-state index >= 15 is 0 Å². The van der Waals surface area contributed by atoms with Crippen LogP contribution in [0.4, 0.5) is 0 Å². The molecule has 0 spiro atoms. The molecule has 0 saturated heterocycles. The first kappa shape index (κ1) is 17.2. The van der Waals surface area contributed by atoms with Gasteiger partial charge in [-0.1, -0.05) is 42.1 Å². The molecule has 0 aliphatic rings. The van der Waals surface area contributed by atoms with E-state index in [1.807, 2.05) is 73.1 Å². The molecule has 0 N–H and O–H groups in total. The number of methoxy groups -OCH3 is 1. The van der Waals surface area contributed by atoms with Gasteiger partial charge in [0, 0.05) is 18.2 Å². The molecule has 0 aliphatic carbocycles. The molecule has 2 aromatic carbocycles. The standard InChI is InChI=1S/C19H19N3O2S/c1-13(17(23)14-7-5-4-6-8-14)25-19-21-20-18(22(19)2)15-9-11-16(24-3)12-10-15/h4-13H,1-3H3/t13-/m0/s1. The van der Waals surface area contributed by atoms with Crippen LogP contribution in [0.3, 0.4) is 0 Å². The molecule has 25 heavy (non-hydrogen) atoms. The van der Waals surface area contributed by atoms with Crippen molar-refractivity contribution in [2.45, 2.75) is 17.3 Å². The van der Waals surface area contributed by atoms with E-state index in [4.69, 9.17) is 4.74 Å². The van der Waals surface area contributed by atoms with Gasteiger partial charge in [-0.2, -0.15) is 0 Å². The van der Waals surface area contributed by atoms with E-state index in [2.05, 4.69) is 10.2 Å². The van der Waals surface area contributed by atoms with Crippen molar-refractivity contribution in [1.29, 1.82) is 0 Å². The Bertz CT molecular complexity index is 860. The maximum absolute atomic E-state index is 12.5. The van der Waals surface area contributed by atoms with Gasteiger partial charge in [-0.15, -0.1) is 10.2 Å². The van der Waals surface area contributed by atoms with Crippen LogP contribution < -0.4 is 4.74 Å². The minimum absolute atomic E-state index is 0.0830. The zero-order valence-electron chi connectivity index (χ0n) is 14.3. The predicted molar refractivity (Wildman–Crippen MR) is 99.1 cm³/mol. The lowest BCUT2D eigenvalue weighted by Gasteiger charge is -2.10. The van der Waals surface area contributed by atoms with Crippen LogP contribution in [0, 0.1) is 0 Å². The summed E-state index contributed by atoms with van der Waals surface area (Å²) in [5, 5.41) is 8.98. The van der Waals surface area contributed by atoms with Crippen molar-refractivity contribution in [1.82, 2.24) is 14.8 Å². The molecule has 0 amide bonds. The lowest BCUT2D eigenvalue weighted by Crippen LogP contribution is -2.14. The number of hydrogen-bond acceptors (Lipinski definition) is 5. The molecule has 128 valence electrons. The zero-order chi connectivity index (χ0) is 17.8. The van der Waals surface area contributed by atoms with Crippen molar-refractivity contribution in [2.24, 2.45) is 7.05 Å². The molecule has 0 saturated carbocycles. The van der Waals surface area contributed by atoms with Gasteiger partial charge in [-0.3, -0.25) is 4.79 Å². The number of hydrogen-bond donors (Lipinski definition) is 0. The number of benzene rings is 2. The highest BCUT2D eigenvalue weighted by atomic mass is 32.2. The second-order valence-electron chi connectivity index (χ2n) is 5.58. The number of Topliss-reactive ketones (excluding diaryl/α,β-unsaturated/α-hetero) is 1. The smallest absolute Gasteiger partial charge is 0.191 e. The number of ether oxygens (including phenoxy) is 1. The molecular weight excluding hydrogens is 334 g/mol. The summed E-state index contributed by atoms with van der Waals surface area (Å²) in [5.74, 6) is 1.63. The second kappa shape index (κ2) is 7.53. The quantitative estimate of drug-likeness (QED) is 0.498. The number of rotatable bonds is 6. The van der Waals surface area contributed by atoms with Crippen molar-refractivity contribution < 1.29 is 9.53 Å². The van der Waals surface area contributed by atoms with Crippen molar-refractivity contribution >= 4 is 17.5 Å². The molecule has 0 radical (unpaired) electrons. The lowest BCUT2D eigenvalue weighted by atomic mass is 10.1. The zero-order valence-corrected chi connectivity index (χ0v) is 15.2. The minimum atomic E-state index is -0.242. The second-order valence-corrected chi connectivity index (χ2v) is 6.89. The van der Waals surface area contributed by atoms with Crippen molar-refractivity contribution in [3.8, 4) is 17.1 Å². The summed E-state index contributed by atoms with van der Waals surface area (Å²) < 4.78 is 7.08. The molecule has 3 rings (SSSR count). The first-order valence-electron chi connectivity index (χ1n) is 7.90. The number of nitrogens with zero attached hydrogens (tertiary/aromatic N) is 3. The van der Waals surface area contributed by atoms with Gasteiger partial charge in [0.15, 0.2) is 16.8 Å². The third kappa shape index (κ3) is 3.74. The Labute approximate surface area is 151 Å². The molecular formula is C19H19N3O2S. The van der Waals surface area contributed by atoms with E-state index in [1.54, 1.807) is 7.11 Å². The van der Waals surface area contributed by atoms with Gasteiger partial charge < -0.3 is 9.30 Å². The summed E-state index contributed by atoms with van der Waals surface area (Å²) in [7, 11) is 3.54. The Morgan fingerprint density at radius 2 is 1.76 bits per heavy atom. The number of carbonyl (C=O) groups excluding carboxylic acids is 1. The molecule has 5 nitrogen and oxygen atoms in total. The summed E-state index contributed by atoms with van der Waals surface area (Å²) in [6.45, 7) is 1.89. The molecule has 0 aliphatic heterocycles. The fourth-order valence-electron chi connectivity index (χ4n) is 2.46. The normalized spacial score (nSPS) is 12.0. The van der Waals surface area contributed by atoms with Crippen LogP contribution in [-0.2, 0) is 7.05 Å². The lowest BCUT2D eigenvalue weighted by molar-refractivity contribution is 0.0994. The van der Waals surface area contributed by atoms with Crippen LogP contribution in [0.5, 0.6) is 5.75 Å². The molecule has 0 fully saturated rings. The minimum Gasteiger partial charge on any atom is -0.497 e. The first-order valence-corrected chi connectivity index (χ1v) is 8.78. The van der Waals surface area contributed by atoms with E-state index in [-0.39, 0.29) is 11.0 Å². The largest absolute Gasteiger partial charge is 0.497 e. The van der Waals surface area contributed by atoms with Gasteiger partial charge in [0.2, 0.25) is 0 Å². The van der Waals surface area contributed by atoms with E-state index in [9.17, 15) is 4.79 Å². The van der Waals surface area contributed by atoms with Crippen LogP contribution in [0.1, 0.15) is 17.3 Å². The topological polar surface area (TPSA) is 57.0 Å². The van der Waals surface area contributed by atoms with Crippen LogP contribution in [-0.4, -0.2) is 32.9 Å². The van der Waals surface area contributed by atoms with Crippen LogP contribution in [0.2, 0.25) is 0 Å². The SMILES string of the molecule is COc1ccc(-c2nnc(S[C@@H](C)C(=O)c3ccccc3)n2C)cc1. The van der Waals surface area contributed by atoms with Crippen molar-refractivity contribution in [3.05, 3.63) is 60.2 Å². The van der Waals surface area contributed by atoms with E-state index < -0.39 is 0 Å². The molecule has 3 aromatic rings. The van der Waals surface area contributed by atoms with Crippen LogP contribution in [0.15, 0.2) is 59.8 Å². The highest BCUT2D eigenvalue weighted by molar-refractivity contribution is 8.00. The van der Waals surface area contributed by atoms with Gasteiger partial charge >= 0.3 is 0 Å². The summed E-state index contributed by atoms with van der Waals surface area (Å²) in [5.41, 5.74) is 1.66. The third-order valence-electron chi connectivity index (χ3n) is 3.89. The maximum Gasteiger partial charge on any atom is 0.191 e. The molecule has 6 heteroatoms. The highest BCUT2D eigenvalue weighted by Gasteiger charge is 2.20. The predicted octanol–water partition coefficient (Wildman–Crippen LogP) is 3.85.